The van der Waals surface area contributed by atoms with Gasteiger partial charge in [0.1, 0.15) is 40.6 Å². The number of pyridine rings is 1. The molecule has 1 aliphatic rings. The minimum Gasteiger partial charge on any atom is -0.497 e. The molecule has 0 spiro atoms. The Bertz CT molecular complexity index is 1600. The van der Waals surface area contributed by atoms with Crippen LogP contribution in [0.3, 0.4) is 0 Å². The quantitative estimate of drug-likeness (QED) is 0.183. The molecule has 1 fully saturated rings. The number of thiocarbonyl (C=S) groups is 1. The van der Waals surface area contributed by atoms with Gasteiger partial charge in [-0.05, 0) is 116 Å². The summed E-state index contributed by atoms with van der Waals surface area (Å²) in [4.78, 5) is 6.71. The minimum absolute atomic E-state index is 0.210. The lowest BCUT2D eigenvalue weighted by molar-refractivity contribution is 0.340. The van der Waals surface area contributed by atoms with Crippen LogP contribution in [0.2, 0.25) is 0 Å². The van der Waals surface area contributed by atoms with Crippen LogP contribution < -0.4 is 24.4 Å². The van der Waals surface area contributed by atoms with E-state index in [2.05, 4.69) is 15.2 Å². The SMILES string of the molecule is CCOc1ccc(-c2ccc([C@@H]3[C@@H](c4ccccn4)NC(=S)N3c3ccc(Oc4ccc(OC)cc4)cc3)o2)cc1. The number of rotatable bonds is 9. The molecule has 1 N–H and O–H groups in total. The van der Waals surface area contributed by atoms with Crippen LogP contribution >= 0.6 is 12.2 Å². The number of nitrogens with one attached hydrogen (secondary N) is 1. The van der Waals surface area contributed by atoms with Crippen LogP contribution in [0.5, 0.6) is 23.0 Å². The molecule has 206 valence electrons. The van der Waals surface area contributed by atoms with Gasteiger partial charge in [0.2, 0.25) is 0 Å². The first-order chi connectivity index (χ1) is 20.1. The van der Waals surface area contributed by atoms with Gasteiger partial charge in [-0.15, -0.1) is 0 Å². The summed E-state index contributed by atoms with van der Waals surface area (Å²) >= 11 is 5.87. The molecule has 1 saturated heterocycles. The number of anilines is 1. The van der Waals surface area contributed by atoms with E-state index in [-0.39, 0.29) is 12.1 Å². The van der Waals surface area contributed by atoms with E-state index in [1.54, 1.807) is 13.3 Å². The Balaban J connectivity index is 1.30. The van der Waals surface area contributed by atoms with Crippen molar-refractivity contribution in [1.29, 1.82) is 0 Å². The molecule has 0 bridgehead atoms. The average molecular weight is 564 g/mol. The molecular weight excluding hydrogens is 534 g/mol. The van der Waals surface area contributed by atoms with E-state index in [0.717, 1.165) is 45.7 Å². The van der Waals surface area contributed by atoms with E-state index in [1.807, 2.05) is 110 Å². The van der Waals surface area contributed by atoms with Gasteiger partial charge in [0, 0.05) is 17.4 Å². The highest BCUT2D eigenvalue weighted by Gasteiger charge is 2.42. The normalized spacial score (nSPS) is 16.3. The second kappa shape index (κ2) is 11.7. The minimum atomic E-state index is -0.262. The van der Waals surface area contributed by atoms with Gasteiger partial charge in [-0.25, -0.2) is 0 Å². The molecule has 3 aromatic carbocycles. The summed E-state index contributed by atoms with van der Waals surface area (Å²) in [5.74, 6) is 4.58. The highest BCUT2D eigenvalue weighted by molar-refractivity contribution is 7.80. The highest BCUT2D eigenvalue weighted by Crippen LogP contribution is 2.43. The first-order valence-electron chi connectivity index (χ1n) is 13.4. The summed E-state index contributed by atoms with van der Waals surface area (Å²) in [5.41, 5.74) is 2.75. The molecule has 0 saturated carbocycles. The van der Waals surface area contributed by atoms with Gasteiger partial charge in [-0.1, -0.05) is 6.07 Å². The molecule has 1 aliphatic heterocycles. The van der Waals surface area contributed by atoms with Crippen LogP contribution in [0.1, 0.15) is 30.5 Å². The predicted molar refractivity (Wildman–Crippen MR) is 163 cm³/mol. The first-order valence-corrected chi connectivity index (χ1v) is 13.8. The van der Waals surface area contributed by atoms with Crippen molar-refractivity contribution >= 4 is 23.0 Å². The number of ether oxygens (including phenoxy) is 3. The van der Waals surface area contributed by atoms with Crippen LogP contribution in [0.15, 0.2) is 114 Å². The Labute approximate surface area is 244 Å². The second-order valence-electron chi connectivity index (χ2n) is 9.43. The van der Waals surface area contributed by atoms with Gasteiger partial charge in [-0.2, -0.15) is 0 Å². The summed E-state index contributed by atoms with van der Waals surface area (Å²) in [6, 6.07) is 32.7. The van der Waals surface area contributed by atoms with Crippen molar-refractivity contribution in [3.05, 3.63) is 121 Å². The lowest BCUT2D eigenvalue weighted by atomic mass is 10.0. The van der Waals surface area contributed by atoms with Crippen molar-refractivity contribution < 1.29 is 18.6 Å². The van der Waals surface area contributed by atoms with Crippen molar-refractivity contribution in [2.75, 3.05) is 18.6 Å². The van der Waals surface area contributed by atoms with Crippen molar-refractivity contribution in [3.8, 4) is 34.3 Å². The standard InChI is InChI=1S/C33H29N3O4S/c1-3-38-25-11-7-22(8-12-25)29-19-20-30(40-29)32-31(28-6-4-5-21-34-28)35-33(41)36(32)23-9-13-26(14-10-23)39-27-17-15-24(37-2)16-18-27/h4-21,31-32H,3H2,1-2H3,(H,35,41)/t31-,32-/m1/s1. The monoisotopic (exact) mass is 563 g/mol. The molecule has 3 heterocycles. The summed E-state index contributed by atoms with van der Waals surface area (Å²) in [6.45, 7) is 2.59. The first kappa shape index (κ1) is 26.4. The fraction of sp³-hybridized carbons (Fsp3) is 0.152. The average Bonchev–Trinajstić information content (AvgIpc) is 3.64. The summed E-state index contributed by atoms with van der Waals surface area (Å²) in [6.07, 6.45) is 1.79. The van der Waals surface area contributed by atoms with Gasteiger partial charge in [-0.3, -0.25) is 4.98 Å². The molecule has 7 nitrogen and oxygen atoms in total. The van der Waals surface area contributed by atoms with Gasteiger partial charge < -0.3 is 28.8 Å². The molecule has 0 radical (unpaired) electrons. The number of furan rings is 1. The molecule has 0 amide bonds. The number of nitrogens with zero attached hydrogens (tertiary/aromatic N) is 2. The summed E-state index contributed by atoms with van der Waals surface area (Å²) in [5, 5.41) is 4.07. The zero-order valence-electron chi connectivity index (χ0n) is 22.7. The fourth-order valence-electron chi connectivity index (χ4n) is 4.93. The van der Waals surface area contributed by atoms with E-state index < -0.39 is 0 Å². The van der Waals surface area contributed by atoms with Crippen molar-refractivity contribution in [1.82, 2.24) is 10.3 Å². The maximum absolute atomic E-state index is 6.48. The van der Waals surface area contributed by atoms with E-state index in [1.165, 1.54) is 0 Å². The molecule has 2 aromatic heterocycles. The Morgan fingerprint density at radius 2 is 1.51 bits per heavy atom. The number of methoxy groups -OCH3 is 1. The van der Waals surface area contributed by atoms with Crippen molar-refractivity contribution in [3.63, 3.8) is 0 Å². The van der Waals surface area contributed by atoms with Gasteiger partial charge in [0.15, 0.2) is 5.11 Å². The predicted octanol–water partition coefficient (Wildman–Crippen LogP) is 7.72. The third-order valence-electron chi connectivity index (χ3n) is 6.88. The van der Waals surface area contributed by atoms with Crippen LogP contribution in [0.25, 0.3) is 11.3 Å². The smallest absolute Gasteiger partial charge is 0.174 e. The van der Waals surface area contributed by atoms with Crippen molar-refractivity contribution in [2.24, 2.45) is 0 Å². The number of aromatic nitrogens is 1. The molecule has 0 unspecified atom stereocenters. The molecule has 2 atom stereocenters. The second-order valence-corrected chi connectivity index (χ2v) is 9.81. The maximum Gasteiger partial charge on any atom is 0.174 e. The lowest BCUT2D eigenvalue weighted by Gasteiger charge is -2.26. The molecule has 0 aliphatic carbocycles. The van der Waals surface area contributed by atoms with Crippen molar-refractivity contribution in [2.45, 2.75) is 19.0 Å². The molecule has 6 rings (SSSR count). The van der Waals surface area contributed by atoms with E-state index >= 15 is 0 Å². The number of hydrogen-bond acceptors (Lipinski definition) is 6. The van der Waals surface area contributed by atoms with Gasteiger partial charge in [0.05, 0.1) is 25.5 Å². The zero-order valence-corrected chi connectivity index (χ0v) is 23.5. The zero-order chi connectivity index (χ0) is 28.2. The van der Waals surface area contributed by atoms with Crippen LogP contribution in [-0.4, -0.2) is 23.8 Å². The Kier molecular flexibility index (Phi) is 7.56. The van der Waals surface area contributed by atoms with E-state index in [9.17, 15) is 0 Å². The third-order valence-corrected chi connectivity index (χ3v) is 7.19. The highest BCUT2D eigenvalue weighted by atomic mass is 32.1. The maximum atomic E-state index is 6.48. The van der Waals surface area contributed by atoms with Gasteiger partial charge >= 0.3 is 0 Å². The number of benzene rings is 3. The van der Waals surface area contributed by atoms with Crippen LogP contribution in [0.4, 0.5) is 5.69 Å². The Morgan fingerprint density at radius 3 is 2.17 bits per heavy atom. The Hall–Kier alpha value is -4.82. The van der Waals surface area contributed by atoms with E-state index in [0.29, 0.717) is 17.5 Å². The number of hydrogen-bond donors (Lipinski definition) is 1. The molecular formula is C33H29N3O4S. The van der Waals surface area contributed by atoms with E-state index in [4.69, 9.17) is 30.8 Å². The third kappa shape index (κ3) is 5.60. The molecule has 41 heavy (non-hydrogen) atoms. The fourth-order valence-corrected chi connectivity index (χ4v) is 5.27. The lowest BCUT2D eigenvalue weighted by Crippen LogP contribution is -2.29. The molecule has 5 aromatic rings. The summed E-state index contributed by atoms with van der Waals surface area (Å²) in [7, 11) is 1.64. The molecule has 8 heteroatoms. The van der Waals surface area contributed by atoms with Gasteiger partial charge in [0.25, 0.3) is 0 Å². The van der Waals surface area contributed by atoms with Crippen LogP contribution in [-0.2, 0) is 0 Å². The topological polar surface area (TPSA) is 69.0 Å². The van der Waals surface area contributed by atoms with Crippen LogP contribution in [0, 0.1) is 0 Å². The largest absolute Gasteiger partial charge is 0.497 e. The Morgan fingerprint density at radius 1 is 0.829 bits per heavy atom. The summed E-state index contributed by atoms with van der Waals surface area (Å²) < 4.78 is 23.3.